The first kappa shape index (κ1) is 15.9. The van der Waals surface area contributed by atoms with Crippen LogP contribution in [0.1, 0.15) is 35.2 Å². The van der Waals surface area contributed by atoms with Gasteiger partial charge in [0.05, 0.1) is 0 Å². The van der Waals surface area contributed by atoms with Gasteiger partial charge in [0, 0.05) is 35.1 Å². The third-order valence-electron chi connectivity index (χ3n) is 4.29. The fourth-order valence-corrected chi connectivity index (χ4v) is 3.16. The molecule has 23 heavy (non-hydrogen) atoms. The van der Waals surface area contributed by atoms with Crippen LogP contribution in [0.25, 0.3) is 0 Å². The Labute approximate surface area is 142 Å². The number of piperidine rings is 1. The van der Waals surface area contributed by atoms with Crippen molar-refractivity contribution in [2.75, 3.05) is 23.3 Å². The van der Waals surface area contributed by atoms with Crippen molar-refractivity contribution in [3.05, 3.63) is 58.6 Å². The van der Waals surface area contributed by atoms with E-state index in [1.165, 1.54) is 24.9 Å². The summed E-state index contributed by atoms with van der Waals surface area (Å²) in [5, 5.41) is 3.61. The predicted octanol–water partition coefficient (Wildman–Crippen LogP) is 4.89. The summed E-state index contributed by atoms with van der Waals surface area (Å²) in [6.45, 7) is 4.14. The van der Waals surface area contributed by atoms with Gasteiger partial charge in [0.2, 0.25) is 0 Å². The molecule has 1 aliphatic rings. The molecule has 1 aliphatic heterocycles. The molecule has 1 saturated heterocycles. The van der Waals surface area contributed by atoms with Gasteiger partial charge < -0.3 is 10.2 Å². The number of benzene rings is 2. The number of amides is 1. The van der Waals surface area contributed by atoms with Crippen LogP contribution in [0.5, 0.6) is 0 Å². The van der Waals surface area contributed by atoms with Crippen LogP contribution in [-0.2, 0) is 0 Å². The fraction of sp³-hybridized carbons (Fsp3) is 0.316. The second-order valence-corrected chi connectivity index (χ2v) is 6.44. The Bertz CT molecular complexity index is 691. The van der Waals surface area contributed by atoms with E-state index in [4.69, 9.17) is 11.6 Å². The molecular weight excluding hydrogens is 308 g/mol. The molecule has 0 unspecified atom stereocenters. The molecule has 4 heteroatoms. The number of carbonyl (C=O) groups excluding carboxylic acids is 1. The molecule has 1 heterocycles. The van der Waals surface area contributed by atoms with Gasteiger partial charge in [0.1, 0.15) is 0 Å². The van der Waals surface area contributed by atoms with Gasteiger partial charge in [-0.25, -0.2) is 0 Å². The lowest BCUT2D eigenvalue weighted by molar-refractivity contribution is 0.102. The molecule has 0 aromatic heterocycles. The summed E-state index contributed by atoms with van der Waals surface area (Å²) >= 11 is 5.94. The van der Waals surface area contributed by atoms with Crippen LogP contribution < -0.4 is 10.2 Å². The summed E-state index contributed by atoms with van der Waals surface area (Å²) in [6, 6.07) is 13.3. The van der Waals surface area contributed by atoms with Gasteiger partial charge in [0.15, 0.2) is 0 Å². The predicted molar refractivity (Wildman–Crippen MR) is 96.6 cm³/mol. The lowest BCUT2D eigenvalue weighted by Crippen LogP contribution is -2.29. The number of hydrogen-bond acceptors (Lipinski definition) is 2. The number of halogens is 1. The van der Waals surface area contributed by atoms with E-state index in [0.29, 0.717) is 10.6 Å². The summed E-state index contributed by atoms with van der Waals surface area (Å²) < 4.78 is 0. The number of nitrogens with zero attached hydrogens (tertiary/aromatic N) is 1. The van der Waals surface area contributed by atoms with E-state index in [9.17, 15) is 4.79 Å². The van der Waals surface area contributed by atoms with Crippen molar-refractivity contribution in [1.82, 2.24) is 0 Å². The highest BCUT2D eigenvalue weighted by Crippen LogP contribution is 2.22. The molecule has 1 N–H and O–H groups in total. The Hall–Kier alpha value is -2.00. The summed E-state index contributed by atoms with van der Waals surface area (Å²) in [4.78, 5) is 14.8. The maximum atomic E-state index is 12.4. The molecule has 0 radical (unpaired) electrons. The SMILES string of the molecule is Cc1cc(Cl)ccc1NC(=O)c1ccc(N2CCCCC2)cc1. The first-order valence-corrected chi connectivity index (χ1v) is 8.44. The van der Waals surface area contributed by atoms with Crippen molar-refractivity contribution in [3.63, 3.8) is 0 Å². The van der Waals surface area contributed by atoms with Gasteiger partial charge in [-0.3, -0.25) is 4.79 Å². The molecular formula is C19H21ClN2O. The van der Waals surface area contributed by atoms with Crippen molar-refractivity contribution < 1.29 is 4.79 Å². The van der Waals surface area contributed by atoms with Crippen LogP contribution in [0, 0.1) is 6.92 Å². The van der Waals surface area contributed by atoms with Crippen molar-refractivity contribution in [2.24, 2.45) is 0 Å². The number of carbonyl (C=O) groups is 1. The molecule has 1 amide bonds. The van der Waals surface area contributed by atoms with Gasteiger partial charge in [-0.15, -0.1) is 0 Å². The van der Waals surface area contributed by atoms with Crippen LogP contribution in [0.2, 0.25) is 5.02 Å². The summed E-state index contributed by atoms with van der Waals surface area (Å²) in [5.41, 5.74) is 3.61. The van der Waals surface area contributed by atoms with Crippen molar-refractivity contribution >= 4 is 28.9 Å². The topological polar surface area (TPSA) is 32.3 Å². The van der Waals surface area contributed by atoms with Crippen LogP contribution in [0.15, 0.2) is 42.5 Å². The summed E-state index contributed by atoms with van der Waals surface area (Å²) in [5.74, 6) is -0.0967. The third-order valence-corrected chi connectivity index (χ3v) is 4.52. The Morgan fingerprint density at radius 2 is 1.74 bits per heavy atom. The molecule has 3 rings (SSSR count). The molecule has 3 nitrogen and oxygen atoms in total. The Morgan fingerprint density at radius 3 is 2.39 bits per heavy atom. The zero-order valence-electron chi connectivity index (χ0n) is 13.3. The minimum Gasteiger partial charge on any atom is -0.372 e. The Kier molecular flexibility index (Phi) is 4.87. The van der Waals surface area contributed by atoms with Gasteiger partial charge in [-0.2, -0.15) is 0 Å². The zero-order valence-corrected chi connectivity index (χ0v) is 14.1. The lowest BCUT2D eigenvalue weighted by Gasteiger charge is -2.28. The van der Waals surface area contributed by atoms with E-state index in [-0.39, 0.29) is 5.91 Å². The largest absolute Gasteiger partial charge is 0.372 e. The Morgan fingerprint density at radius 1 is 1.04 bits per heavy atom. The van der Waals surface area contributed by atoms with Crippen LogP contribution in [-0.4, -0.2) is 19.0 Å². The Balaban J connectivity index is 1.69. The second-order valence-electron chi connectivity index (χ2n) is 6.01. The van der Waals surface area contributed by atoms with E-state index in [2.05, 4.69) is 10.2 Å². The quantitative estimate of drug-likeness (QED) is 0.870. The maximum absolute atomic E-state index is 12.4. The monoisotopic (exact) mass is 328 g/mol. The average Bonchev–Trinajstić information content (AvgIpc) is 2.58. The van der Waals surface area contributed by atoms with E-state index >= 15 is 0 Å². The number of nitrogens with one attached hydrogen (secondary N) is 1. The first-order chi connectivity index (χ1) is 11.1. The lowest BCUT2D eigenvalue weighted by atomic mass is 10.1. The normalized spacial score (nSPS) is 14.6. The van der Waals surface area contributed by atoms with Crippen molar-refractivity contribution in [2.45, 2.75) is 26.2 Å². The fourth-order valence-electron chi connectivity index (χ4n) is 2.94. The van der Waals surface area contributed by atoms with Gasteiger partial charge in [0.25, 0.3) is 5.91 Å². The molecule has 0 saturated carbocycles. The average molecular weight is 329 g/mol. The van der Waals surface area contributed by atoms with E-state index in [0.717, 1.165) is 24.3 Å². The molecule has 120 valence electrons. The van der Waals surface area contributed by atoms with E-state index in [1.54, 1.807) is 6.07 Å². The molecule has 0 atom stereocenters. The standard InChI is InChI=1S/C19H21ClN2O/c1-14-13-16(20)7-10-18(14)21-19(23)15-5-8-17(9-6-15)22-11-3-2-4-12-22/h5-10,13H,2-4,11-12H2,1H3,(H,21,23). The number of anilines is 2. The second kappa shape index (κ2) is 7.05. The highest BCUT2D eigenvalue weighted by molar-refractivity contribution is 6.30. The van der Waals surface area contributed by atoms with Gasteiger partial charge >= 0.3 is 0 Å². The molecule has 0 spiro atoms. The molecule has 2 aromatic carbocycles. The minimum atomic E-state index is -0.0967. The van der Waals surface area contributed by atoms with Gasteiger partial charge in [-0.1, -0.05) is 11.6 Å². The maximum Gasteiger partial charge on any atom is 0.255 e. The highest BCUT2D eigenvalue weighted by Gasteiger charge is 2.12. The van der Waals surface area contributed by atoms with Crippen molar-refractivity contribution in [3.8, 4) is 0 Å². The van der Waals surface area contributed by atoms with Crippen LogP contribution in [0.4, 0.5) is 11.4 Å². The van der Waals surface area contributed by atoms with E-state index in [1.807, 2.05) is 43.3 Å². The molecule has 0 bridgehead atoms. The van der Waals surface area contributed by atoms with Crippen molar-refractivity contribution in [1.29, 1.82) is 0 Å². The number of aryl methyl sites for hydroxylation is 1. The minimum absolute atomic E-state index is 0.0967. The zero-order chi connectivity index (χ0) is 16.2. The summed E-state index contributed by atoms with van der Waals surface area (Å²) in [6.07, 6.45) is 3.81. The molecule has 1 fully saturated rings. The molecule has 2 aromatic rings. The first-order valence-electron chi connectivity index (χ1n) is 8.06. The number of hydrogen-bond donors (Lipinski definition) is 1. The van der Waals surface area contributed by atoms with E-state index < -0.39 is 0 Å². The smallest absolute Gasteiger partial charge is 0.255 e. The number of rotatable bonds is 3. The highest BCUT2D eigenvalue weighted by atomic mass is 35.5. The van der Waals surface area contributed by atoms with Crippen LogP contribution >= 0.6 is 11.6 Å². The van der Waals surface area contributed by atoms with Gasteiger partial charge in [-0.05, 0) is 74.2 Å². The van der Waals surface area contributed by atoms with Crippen LogP contribution in [0.3, 0.4) is 0 Å². The molecule has 0 aliphatic carbocycles. The summed E-state index contributed by atoms with van der Waals surface area (Å²) in [7, 11) is 0. The third kappa shape index (κ3) is 3.85.